The van der Waals surface area contributed by atoms with Crippen LogP contribution in [0.25, 0.3) is 0 Å². The van der Waals surface area contributed by atoms with Crippen LogP contribution in [0, 0.1) is 5.82 Å². The molecule has 2 atom stereocenters. The van der Waals surface area contributed by atoms with Crippen molar-refractivity contribution in [3.8, 4) is 0 Å². The Hall–Kier alpha value is -3.30. The van der Waals surface area contributed by atoms with Gasteiger partial charge in [-0.05, 0) is 37.1 Å². The second-order valence-corrected chi connectivity index (χ2v) is 8.43. The van der Waals surface area contributed by atoms with Crippen molar-refractivity contribution in [3.05, 3.63) is 81.9 Å². The Morgan fingerprint density at radius 3 is 2.76 bits per heavy atom. The molecule has 178 valence electrons. The number of hydrogen-bond donors (Lipinski definition) is 2. The third kappa shape index (κ3) is 4.95. The topological polar surface area (TPSA) is 98.1 Å². The van der Waals surface area contributed by atoms with Crippen LogP contribution in [0.3, 0.4) is 0 Å². The van der Waals surface area contributed by atoms with Crippen molar-refractivity contribution in [1.29, 1.82) is 0 Å². The largest absolute Gasteiger partial charge is 0.373 e. The number of rotatable bonds is 7. The Balaban J connectivity index is 1.58. The summed E-state index contributed by atoms with van der Waals surface area (Å²) in [6, 6.07) is 4.90. The Bertz CT molecular complexity index is 1200. The van der Waals surface area contributed by atoms with E-state index in [1.807, 2.05) is 13.8 Å². The lowest BCUT2D eigenvalue weighted by molar-refractivity contribution is 0.0774. The number of hydrogen-bond acceptors (Lipinski definition) is 5. The van der Waals surface area contributed by atoms with E-state index >= 15 is 0 Å². The van der Waals surface area contributed by atoms with Crippen LogP contribution in [0.4, 0.5) is 4.39 Å². The highest BCUT2D eigenvalue weighted by Crippen LogP contribution is 2.27. The molecule has 0 bridgehead atoms. The summed E-state index contributed by atoms with van der Waals surface area (Å²) in [7, 11) is 0. The van der Waals surface area contributed by atoms with E-state index in [1.54, 1.807) is 35.3 Å². The van der Waals surface area contributed by atoms with Crippen molar-refractivity contribution in [2.45, 2.75) is 45.5 Å². The monoisotopic (exact) mass is 485 g/mol. The lowest BCUT2D eigenvalue weighted by Gasteiger charge is -2.22. The van der Waals surface area contributed by atoms with Crippen LogP contribution in [0.2, 0.25) is 5.02 Å². The van der Waals surface area contributed by atoms with Gasteiger partial charge in [-0.1, -0.05) is 24.6 Å². The Kier molecular flexibility index (Phi) is 7.23. The summed E-state index contributed by atoms with van der Waals surface area (Å²) in [4.78, 5) is 34.6. The summed E-state index contributed by atoms with van der Waals surface area (Å²) in [5, 5.41) is 6.13. The number of carbonyl (C=O) groups is 2. The normalized spacial score (nSPS) is 14.7. The molecule has 2 aromatic heterocycles. The van der Waals surface area contributed by atoms with Crippen LogP contribution >= 0.6 is 11.6 Å². The third-order valence-electron chi connectivity index (χ3n) is 5.81. The van der Waals surface area contributed by atoms with Crippen LogP contribution in [0.1, 0.15) is 70.1 Å². The number of ether oxygens (including phenoxy) is 1. The lowest BCUT2D eigenvalue weighted by Crippen LogP contribution is -2.31. The molecular weight excluding hydrogens is 461 g/mol. The smallest absolute Gasteiger partial charge is 0.268 e. The fourth-order valence-electron chi connectivity index (χ4n) is 4.01. The maximum absolute atomic E-state index is 13.5. The Morgan fingerprint density at radius 2 is 2.06 bits per heavy atom. The van der Waals surface area contributed by atoms with Crippen molar-refractivity contribution in [2.24, 2.45) is 0 Å². The van der Waals surface area contributed by atoms with Crippen LogP contribution in [0.15, 0.2) is 42.9 Å². The molecule has 0 saturated heterocycles. The number of carbonyl (C=O) groups excluding carboxylic acids is 2. The highest BCUT2D eigenvalue weighted by atomic mass is 35.5. The fourth-order valence-corrected chi connectivity index (χ4v) is 4.31. The van der Waals surface area contributed by atoms with Gasteiger partial charge in [0.15, 0.2) is 0 Å². The zero-order valence-corrected chi connectivity index (χ0v) is 19.6. The quantitative estimate of drug-likeness (QED) is 0.527. The predicted octanol–water partition coefficient (Wildman–Crippen LogP) is 3.97. The molecule has 0 fully saturated rings. The van der Waals surface area contributed by atoms with Crippen molar-refractivity contribution in [2.75, 3.05) is 6.61 Å². The minimum absolute atomic E-state index is 0.219. The van der Waals surface area contributed by atoms with E-state index in [2.05, 4.69) is 20.6 Å². The van der Waals surface area contributed by atoms with Crippen molar-refractivity contribution in [1.82, 2.24) is 25.2 Å². The van der Waals surface area contributed by atoms with Gasteiger partial charge < -0.3 is 19.9 Å². The molecule has 34 heavy (non-hydrogen) atoms. The highest BCUT2D eigenvalue weighted by Gasteiger charge is 2.28. The first-order chi connectivity index (χ1) is 16.4. The fraction of sp³-hybridized carbons (Fsp3) is 0.333. The molecule has 1 aromatic carbocycles. The number of benzene rings is 1. The van der Waals surface area contributed by atoms with Crippen molar-refractivity contribution in [3.63, 3.8) is 0 Å². The first-order valence-corrected chi connectivity index (χ1v) is 11.4. The van der Waals surface area contributed by atoms with Gasteiger partial charge in [-0.2, -0.15) is 0 Å². The Labute approximate surface area is 201 Å². The molecule has 2 amide bonds. The number of amides is 2. The summed E-state index contributed by atoms with van der Waals surface area (Å²) in [6.07, 6.45) is 5.27. The van der Waals surface area contributed by atoms with E-state index in [-0.39, 0.29) is 29.5 Å². The third-order valence-corrected chi connectivity index (χ3v) is 6.14. The van der Waals surface area contributed by atoms with Gasteiger partial charge in [0.05, 0.1) is 48.4 Å². The molecule has 3 aromatic rings. The summed E-state index contributed by atoms with van der Waals surface area (Å²) >= 11 is 6.22. The number of nitrogens with zero attached hydrogens (tertiary/aromatic N) is 3. The van der Waals surface area contributed by atoms with Crippen LogP contribution < -0.4 is 10.6 Å². The second-order valence-electron chi connectivity index (χ2n) is 8.02. The summed E-state index contributed by atoms with van der Waals surface area (Å²) in [6.45, 7) is 4.81. The SMILES string of the molecule is CCC(NC(=O)c1cc(C(=O)NC(C)c2cnccn2)c2n1CCOC2)c1ccc(F)cc1Cl. The molecule has 0 spiro atoms. The second kappa shape index (κ2) is 10.3. The molecule has 0 aliphatic carbocycles. The van der Waals surface area contributed by atoms with Gasteiger partial charge >= 0.3 is 0 Å². The molecule has 2 unspecified atom stereocenters. The van der Waals surface area contributed by atoms with E-state index in [1.165, 1.54) is 12.1 Å². The van der Waals surface area contributed by atoms with E-state index in [4.69, 9.17) is 16.3 Å². The molecule has 0 saturated carbocycles. The summed E-state index contributed by atoms with van der Waals surface area (Å²) in [5.41, 5.74) is 2.61. The number of fused-ring (bicyclic) bond motifs is 1. The zero-order valence-electron chi connectivity index (χ0n) is 18.8. The number of aromatic nitrogens is 3. The minimum Gasteiger partial charge on any atom is -0.373 e. The lowest BCUT2D eigenvalue weighted by atomic mass is 10.0. The van der Waals surface area contributed by atoms with Gasteiger partial charge in [-0.15, -0.1) is 0 Å². The van der Waals surface area contributed by atoms with Gasteiger partial charge in [0, 0.05) is 24.0 Å². The first kappa shape index (κ1) is 23.8. The molecule has 2 N–H and O–H groups in total. The zero-order chi connectivity index (χ0) is 24.2. The number of halogens is 2. The molecular formula is C24H25ClFN5O3. The molecule has 1 aliphatic heterocycles. The summed E-state index contributed by atoms with van der Waals surface area (Å²) in [5.74, 6) is -1.13. The van der Waals surface area contributed by atoms with Crippen molar-refractivity contribution < 1.29 is 18.7 Å². The summed E-state index contributed by atoms with van der Waals surface area (Å²) < 4.78 is 20.8. The minimum atomic E-state index is -0.443. The molecule has 0 radical (unpaired) electrons. The molecule has 8 nitrogen and oxygen atoms in total. The first-order valence-electron chi connectivity index (χ1n) is 11.0. The maximum atomic E-state index is 13.5. The standard InChI is InChI=1S/C24H25ClFN5O3/c1-3-19(16-5-4-15(26)10-18(16)25)30-24(33)21-11-17(22-13-34-9-8-31(21)22)23(32)29-14(2)20-12-27-6-7-28-20/h4-7,10-12,14,19H,3,8-9,13H2,1-2H3,(H,29,32)(H,30,33). The molecule has 1 aliphatic rings. The highest BCUT2D eigenvalue weighted by molar-refractivity contribution is 6.31. The van der Waals surface area contributed by atoms with E-state index in [0.29, 0.717) is 47.8 Å². The molecule has 3 heterocycles. The van der Waals surface area contributed by atoms with Gasteiger partial charge in [0.1, 0.15) is 11.5 Å². The van der Waals surface area contributed by atoms with E-state index < -0.39 is 11.9 Å². The predicted molar refractivity (Wildman–Crippen MR) is 124 cm³/mol. The van der Waals surface area contributed by atoms with Gasteiger partial charge in [0.25, 0.3) is 11.8 Å². The van der Waals surface area contributed by atoms with Gasteiger partial charge in [0.2, 0.25) is 0 Å². The van der Waals surface area contributed by atoms with Crippen LogP contribution in [-0.2, 0) is 17.9 Å². The average Bonchev–Trinajstić information content (AvgIpc) is 3.23. The van der Waals surface area contributed by atoms with E-state index in [0.717, 1.165) is 0 Å². The van der Waals surface area contributed by atoms with Crippen molar-refractivity contribution >= 4 is 23.4 Å². The van der Waals surface area contributed by atoms with Gasteiger partial charge in [-0.3, -0.25) is 19.6 Å². The molecule has 4 rings (SSSR count). The number of nitrogens with one attached hydrogen (secondary N) is 2. The maximum Gasteiger partial charge on any atom is 0.268 e. The van der Waals surface area contributed by atoms with Crippen LogP contribution in [-0.4, -0.2) is 33.0 Å². The van der Waals surface area contributed by atoms with E-state index in [9.17, 15) is 14.0 Å². The van der Waals surface area contributed by atoms with Crippen LogP contribution in [0.5, 0.6) is 0 Å². The van der Waals surface area contributed by atoms with Gasteiger partial charge in [-0.25, -0.2) is 4.39 Å². The molecule has 10 heteroatoms. The Morgan fingerprint density at radius 1 is 1.24 bits per heavy atom. The average molecular weight is 486 g/mol.